The van der Waals surface area contributed by atoms with Gasteiger partial charge in [0.1, 0.15) is 17.0 Å². The molecule has 1 aliphatic heterocycles. The molecule has 4 heterocycles. The van der Waals surface area contributed by atoms with Gasteiger partial charge in [0, 0.05) is 36.1 Å². The fourth-order valence-electron chi connectivity index (χ4n) is 3.70. The molecule has 1 atom stereocenters. The molecule has 0 spiro atoms. The molecule has 4 N–H and O–H groups in total. The number of ether oxygens (including phenoxy) is 1. The molecule has 0 bridgehead atoms. The van der Waals surface area contributed by atoms with E-state index >= 15 is 0 Å². The van der Waals surface area contributed by atoms with E-state index < -0.39 is 0 Å². The summed E-state index contributed by atoms with van der Waals surface area (Å²) in [4.78, 5) is 11.6. The zero-order valence-corrected chi connectivity index (χ0v) is 16.8. The molecule has 0 amide bonds. The Morgan fingerprint density at radius 3 is 3.10 bits per heavy atom. The van der Waals surface area contributed by atoms with Crippen LogP contribution in [0.3, 0.4) is 0 Å². The van der Waals surface area contributed by atoms with Crippen LogP contribution in [0, 0.1) is 5.41 Å². The number of aromatic nitrogens is 4. The van der Waals surface area contributed by atoms with Gasteiger partial charge in [-0.15, -0.1) is 0 Å². The number of allylic oxidation sites excluding steroid dienone is 1. The number of fused-ring (bicyclic) bond motifs is 1. The summed E-state index contributed by atoms with van der Waals surface area (Å²) in [5.41, 5.74) is 9.68. The molecule has 9 nitrogen and oxygen atoms in total. The van der Waals surface area contributed by atoms with Gasteiger partial charge in [0.05, 0.1) is 44.3 Å². The lowest BCUT2D eigenvalue weighted by atomic mass is 10.0. The van der Waals surface area contributed by atoms with E-state index in [-0.39, 0.29) is 12.6 Å². The van der Waals surface area contributed by atoms with E-state index in [1.807, 2.05) is 12.3 Å². The van der Waals surface area contributed by atoms with E-state index in [0.29, 0.717) is 36.7 Å². The van der Waals surface area contributed by atoms with Crippen LogP contribution in [0.25, 0.3) is 27.7 Å². The molecule has 0 aliphatic carbocycles. The third-order valence-electron chi connectivity index (χ3n) is 5.19. The molecule has 1 fully saturated rings. The van der Waals surface area contributed by atoms with Gasteiger partial charge >= 0.3 is 0 Å². The molecular weight excluding hydrogens is 382 g/mol. The second-order valence-corrected chi connectivity index (χ2v) is 7.21. The van der Waals surface area contributed by atoms with Crippen LogP contribution in [0.15, 0.2) is 36.8 Å². The van der Waals surface area contributed by atoms with Gasteiger partial charge in [-0.25, -0.2) is 4.98 Å². The van der Waals surface area contributed by atoms with Crippen LogP contribution >= 0.6 is 0 Å². The molecule has 1 aliphatic rings. The van der Waals surface area contributed by atoms with Gasteiger partial charge in [-0.2, -0.15) is 5.10 Å². The van der Waals surface area contributed by atoms with Crippen molar-refractivity contribution in [1.82, 2.24) is 19.7 Å². The van der Waals surface area contributed by atoms with Gasteiger partial charge in [-0.3, -0.25) is 9.67 Å². The first-order chi connectivity index (χ1) is 14.6. The van der Waals surface area contributed by atoms with Crippen LogP contribution in [-0.4, -0.2) is 63.5 Å². The minimum absolute atomic E-state index is 0.0216. The predicted molar refractivity (Wildman–Crippen MR) is 116 cm³/mol. The van der Waals surface area contributed by atoms with Gasteiger partial charge < -0.3 is 25.9 Å². The Morgan fingerprint density at radius 2 is 2.33 bits per heavy atom. The van der Waals surface area contributed by atoms with Crippen molar-refractivity contribution in [1.29, 1.82) is 5.41 Å². The number of nitrogens with two attached hydrogens (primary N) is 1. The van der Waals surface area contributed by atoms with Crippen LogP contribution in [-0.2, 0) is 11.3 Å². The van der Waals surface area contributed by atoms with E-state index in [0.717, 1.165) is 35.1 Å². The summed E-state index contributed by atoms with van der Waals surface area (Å²) >= 11 is 0. The van der Waals surface area contributed by atoms with Crippen molar-refractivity contribution < 1.29 is 9.84 Å². The number of nitrogens with one attached hydrogen (secondary N) is 1. The van der Waals surface area contributed by atoms with Gasteiger partial charge in [0.15, 0.2) is 0 Å². The molecular formula is C21H25N7O2. The number of hydrogen-bond donors (Lipinski definition) is 3. The smallest absolute Gasteiger partial charge is 0.130 e. The number of aliphatic hydroxyl groups is 1. The van der Waals surface area contributed by atoms with Crippen LogP contribution in [0.4, 0.5) is 5.82 Å². The van der Waals surface area contributed by atoms with Crippen molar-refractivity contribution in [3.63, 3.8) is 0 Å². The van der Waals surface area contributed by atoms with Crippen molar-refractivity contribution in [2.24, 2.45) is 5.73 Å². The maximum absolute atomic E-state index is 9.23. The standard InChI is InChI=1S/C21H25N7O2/c1-14-13-30-9-7-28(14)19-10-17(15-11-25-27(12-15)6-8-29)16-3-5-24-21(20(16)26-19)18(23)2-4-22/h2-5,10-12,14,22,29H,6-9,13,23H2,1H3/b18-2-,22-4?. The largest absolute Gasteiger partial charge is 0.397 e. The minimum Gasteiger partial charge on any atom is -0.397 e. The van der Waals surface area contributed by atoms with Gasteiger partial charge in [-0.1, -0.05) is 0 Å². The number of aliphatic hydroxyl groups excluding tert-OH is 1. The molecule has 156 valence electrons. The Labute approximate surface area is 174 Å². The zero-order chi connectivity index (χ0) is 21.1. The van der Waals surface area contributed by atoms with E-state index in [1.165, 1.54) is 6.08 Å². The maximum Gasteiger partial charge on any atom is 0.130 e. The zero-order valence-electron chi connectivity index (χ0n) is 16.8. The highest BCUT2D eigenvalue weighted by Crippen LogP contribution is 2.34. The highest BCUT2D eigenvalue weighted by atomic mass is 16.5. The number of rotatable bonds is 6. The molecule has 9 heteroatoms. The average molecular weight is 407 g/mol. The number of hydrogen-bond acceptors (Lipinski definition) is 8. The monoisotopic (exact) mass is 407 g/mol. The Bertz CT molecular complexity index is 1090. The Kier molecular flexibility index (Phi) is 5.73. The van der Waals surface area contributed by atoms with E-state index in [2.05, 4.69) is 28.0 Å². The summed E-state index contributed by atoms with van der Waals surface area (Å²) in [6.45, 7) is 4.58. The van der Waals surface area contributed by atoms with Crippen LogP contribution in [0.1, 0.15) is 12.6 Å². The Balaban J connectivity index is 1.95. The number of pyridine rings is 2. The fraction of sp³-hybridized carbons (Fsp3) is 0.333. The lowest BCUT2D eigenvalue weighted by Crippen LogP contribution is -2.44. The second kappa shape index (κ2) is 8.60. The van der Waals surface area contributed by atoms with Crippen LogP contribution < -0.4 is 10.6 Å². The Morgan fingerprint density at radius 1 is 1.47 bits per heavy atom. The van der Waals surface area contributed by atoms with E-state index in [1.54, 1.807) is 17.1 Å². The normalized spacial score (nSPS) is 17.5. The number of morpholine rings is 1. The van der Waals surface area contributed by atoms with E-state index in [9.17, 15) is 5.11 Å². The van der Waals surface area contributed by atoms with Crippen molar-refractivity contribution in [3.8, 4) is 11.1 Å². The molecule has 1 saturated heterocycles. The molecule has 0 radical (unpaired) electrons. The molecule has 1 unspecified atom stereocenters. The molecule has 3 aromatic heterocycles. The third-order valence-corrected chi connectivity index (χ3v) is 5.19. The highest BCUT2D eigenvalue weighted by molar-refractivity contribution is 6.01. The van der Waals surface area contributed by atoms with Crippen molar-refractivity contribution >= 4 is 28.6 Å². The lowest BCUT2D eigenvalue weighted by molar-refractivity contribution is 0.0986. The molecule has 30 heavy (non-hydrogen) atoms. The highest BCUT2D eigenvalue weighted by Gasteiger charge is 2.23. The van der Waals surface area contributed by atoms with Gasteiger partial charge in [0.25, 0.3) is 0 Å². The lowest BCUT2D eigenvalue weighted by Gasteiger charge is -2.34. The van der Waals surface area contributed by atoms with Crippen molar-refractivity contribution in [2.45, 2.75) is 19.5 Å². The van der Waals surface area contributed by atoms with Crippen molar-refractivity contribution in [2.75, 3.05) is 31.3 Å². The minimum atomic E-state index is 0.0216. The Hall–Kier alpha value is -3.30. The average Bonchev–Trinajstić information content (AvgIpc) is 3.22. The second-order valence-electron chi connectivity index (χ2n) is 7.21. The third kappa shape index (κ3) is 3.77. The van der Waals surface area contributed by atoms with E-state index in [4.69, 9.17) is 20.9 Å². The summed E-state index contributed by atoms with van der Waals surface area (Å²) in [6, 6.07) is 4.16. The summed E-state index contributed by atoms with van der Waals surface area (Å²) in [5.74, 6) is 0.820. The predicted octanol–water partition coefficient (Wildman–Crippen LogP) is 1.66. The van der Waals surface area contributed by atoms with Crippen LogP contribution in [0.5, 0.6) is 0 Å². The molecule has 3 aromatic rings. The summed E-state index contributed by atoms with van der Waals surface area (Å²) in [6.07, 6.45) is 8.04. The molecule has 4 rings (SSSR count). The SMILES string of the molecule is CC1COCCN1c1cc(-c2cnn(CCO)c2)c2ccnc(/C(N)=C/C=N)c2n1. The first-order valence-electron chi connectivity index (χ1n) is 9.86. The first-order valence-corrected chi connectivity index (χ1v) is 9.86. The number of anilines is 1. The first kappa shape index (κ1) is 20.0. The van der Waals surface area contributed by atoms with Crippen LogP contribution in [0.2, 0.25) is 0 Å². The number of nitrogens with zero attached hydrogens (tertiary/aromatic N) is 5. The topological polar surface area (TPSA) is 126 Å². The quantitative estimate of drug-likeness (QED) is 0.531. The van der Waals surface area contributed by atoms with Gasteiger partial charge in [-0.05, 0) is 30.7 Å². The maximum atomic E-state index is 9.23. The van der Waals surface area contributed by atoms with Gasteiger partial charge in [0.2, 0.25) is 0 Å². The summed E-state index contributed by atoms with van der Waals surface area (Å²) < 4.78 is 7.30. The summed E-state index contributed by atoms with van der Waals surface area (Å²) in [7, 11) is 0. The summed E-state index contributed by atoms with van der Waals surface area (Å²) in [5, 5.41) is 21.8. The molecule has 0 saturated carbocycles. The van der Waals surface area contributed by atoms with Crippen molar-refractivity contribution in [3.05, 3.63) is 42.5 Å². The molecule has 0 aromatic carbocycles. The fourth-order valence-corrected chi connectivity index (χ4v) is 3.70.